The molecule has 1 fully saturated rings. The zero-order valence-electron chi connectivity index (χ0n) is 8.62. The molecule has 0 aromatic heterocycles. The van der Waals surface area contributed by atoms with Crippen molar-refractivity contribution in [2.75, 3.05) is 5.73 Å². The van der Waals surface area contributed by atoms with Gasteiger partial charge in [0.15, 0.2) is 0 Å². The largest absolute Gasteiger partial charge is 0.398 e. The van der Waals surface area contributed by atoms with Crippen molar-refractivity contribution < 1.29 is 9.50 Å². The van der Waals surface area contributed by atoms with Gasteiger partial charge in [-0.25, -0.2) is 4.39 Å². The summed E-state index contributed by atoms with van der Waals surface area (Å²) < 4.78 is 13.1. The van der Waals surface area contributed by atoms with E-state index in [-0.39, 0.29) is 11.9 Å². The summed E-state index contributed by atoms with van der Waals surface area (Å²) in [5, 5.41) is 9.39. The fourth-order valence-electron chi connectivity index (χ4n) is 2.29. The van der Waals surface area contributed by atoms with E-state index in [9.17, 15) is 9.50 Å². The quantitative estimate of drug-likeness (QED) is 0.698. The van der Waals surface area contributed by atoms with E-state index >= 15 is 0 Å². The summed E-state index contributed by atoms with van der Waals surface area (Å²) in [6, 6.07) is 4.53. The van der Waals surface area contributed by atoms with Gasteiger partial charge in [-0.05, 0) is 55.4 Å². The van der Waals surface area contributed by atoms with E-state index in [0.29, 0.717) is 11.6 Å². The van der Waals surface area contributed by atoms with Crippen LogP contribution in [0.2, 0.25) is 0 Å². The molecule has 1 aromatic carbocycles. The third-order valence-corrected chi connectivity index (χ3v) is 3.19. The van der Waals surface area contributed by atoms with Crippen LogP contribution >= 0.6 is 0 Å². The molecule has 1 aromatic rings. The molecule has 1 aliphatic carbocycles. The lowest BCUT2D eigenvalue weighted by atomic mass is 9.82. The summed E-state index contributed by atoms with van der Waals surface area (Å²) in [7, 11) is 0. The number of aliphatic hydroxyl groups is 1. The first-order valence-corrected chi connectivity index (χ1v) is 5.40. The van der Waals surface area contributed by atoms with Gasteiger partial charge in [0.1, 0.15) is 5.82 Å². The van der Waals surface area contributed by atoms with Gasteiger partial charge in [-0.1, -0.05) is 0 Å². The molecule has 0 saturated heterocycles. The number of nitrogens with two attached hydrogens (primary N) is 1. The normalized spacial score (nSPS) is 26.5. The first-order valence-electron chi connectivity index (χ1n) is 5.40. The Bertz CT molecular complexity index is 345. The molecular weight excluding hydrogens is 193 g/mol. The van der Waals surface area contributed by atoms with Gasteiger partial charge in [0.05, 0.1) is 6.10 Å². The lowest BCUT2D eigenvalue weighted by molar-refractivity contribution is 0.122. The van der Waals surface area contributed by atoms with Crippen LogP contribution in [0.4, 0.5) is 10.1 Å². The number of hydrogen-bond donors (Lipinski definition) is 2. The first-order chi connectivity index (χ1) is 7.16. The predicted octanol–water partition coefficient (Wildman–Crippen LogP) is 2.43. The van der Waals surface area contributed by atoms with Crippen molar-refractivity contribution in [1.82, 2.24) is 0 Å². The van der Waals surface area contributed by atoms with E-state index in [4.69, 9.17) is 5.73 Å². The van der Waals surface area contributed by atoms with E-state index in [1.54, 1.807) is 6.07 Å². The highest BCUT2D eigenvalue weighted by atomic mass is 19.1. The lowest BCUT2D eigenvalue weighted by Crippen LogP contribution is -2.17. The number of rotatable bonds is 1. The van der Waals surface area contributed by atoms with E-state index in [2.05, 4.69) is 0 Å². The van der Waals surface area contributed by atoms with Crippen LogP contribution < -0.4 is 5.73 Å². The van der Waals surface area contributed by atoms with Crippen LogP contribution in [0, 0.1) is 5.82 Å². The average molecular weight is 209 g/mol. The van der Waals surface area contributed by atoms with Crippen LogP contribution in [-0.2, 0) is 0 Å². The van der Waals surface area contributed by atoms with E-state index in [0.717, 1.165) is 31.2 Å². The van der Waals surface area contributed by atoms with Gasteiger partial charge < -0.3 is 10.8 Å². The molecule has 0 bridgehead atoms. The van der Waals surface area contributed by atoms with Gasteiger partial charge in [0.2, 0.25) is 0 Å². The Balaban J connectivity index is 2.18. The zero-order chi connectivity index (χ0) is 10.8. The minimum atomic E-state index is -0.231. The highest BCUT2D eigenvalue weighted by Crippen LogP contribution is 2.35. The molecule has 1 aliphatic rings. The van der Waals surface area contributed by atoms with Gasteiger partial charge in [-0.3, -0.25) is 0 Å². The van der Waals surface area contributed by atoms with Crippen LogP contribution in [0.25, 0.3) is 0 Å². The highest BCUT2D eigenvalue weighted by molar-refractivity contribution is 5.48. The number of aliphatic hydroxyl groups excluding tert-OH is 1. The molecule has 0 radical (unpaired) electrons. The number of benzene rings is 1. The molecule has 82 valence electrons. The summed E-state index contributed by atoms with van der Waals surface area (Å²) in [5.74, 6) is 0.0782. The fraction of sp³-hybridized carbons (Fsp3) is 0.500. The van der Waals surface area contributed by atoms with Crippen molar-refractivity contribution >= 4 is 5.69 Å². The smallest absolute Gasteiger partial charge is 0.123 e. The molecule has 1 saturated carbocycles. The number of hydrogen-bond acceptors (Lipinski definition) is 2. The summed E-state index contributed by atoms with van der Waals surface area (Å²) in [6.45, 7) is 0. The molecule has 3 N–H and O–H groups in total. The second kappa shape index (κ2) is 4.19. The Hall–Kier alpha value is -1.09. The molecule has 0 amide bonds. The molecule has 3 heteroatoms. The van der Waals surface area contributed by atoms with Crippen LogP contribution in [0.5, 0.6) is 0 Å². The molecule has 2 nitrogen and oxygen atoms in total. The van der Waals surface area contributed by atoms with Crippen molar-refractivity contribution in [3.05, 3.63) is 29.6 Å². The van der Waals surface area contributed by atoms with Crippen molar-refractivity contribution in [3.8, 4) is 0 Å². The fourth-order valence-corrected chi connectivity index (χ4v) is 2.29. The van der Waals surface area contributed by atoms with Crippen molar-refractivity contribution in [1.29, 1.82) is 0 Å². The molecule has 0 spiro atoms. The molecule has 0 heterocycles. The molecule has 2 rings (SSSR count). The van der Waals surface area contributed by atoms with Crippen LogP contribution in [-0.4, -0.2) is 11.2 Å². The second-order valence-electron chi connectivity index (χ2n) is 4.28. The number of halogens is 1. The SMILES string of the molecule is Nc1ccc(F)cc1[C@H]1CC[C@H](O)CC1. The molecule has 15 heavy (non-hydrogen) atoms. The third-order valence-electron chi connectivity index (χ3n) is 3.19. The Morgan fingerprint density at radius 1 is 1.20 bits per heavy atom. The topological polar surface area (TPSA) is 46.2 Å². The maximum atomic E-state index is 13.1. The Morgan fingerprint density at radius 2 is 1.87 bits per heavy atom. The van der Waals surface area contributed by atoms with Gasteiger partial charge in [0, 0.05) is 5.69 Å². The van der Waals surface area contributed by atoms with Crippen molar-refractivity contribution in [3.63, 3.8) is 0 Å². The lowest BCUT2D eigenvalue weighted by Gasteiger charge is -2.26. The third kappa shape index (κ3) is 2.29. The van der Waals surface area contributed by atoms with E-state index in [1.807, 2.05) is 0 Å². The Morgan fingerprint density at radius 3 is 2.53 bits per heavy atom. The summed E-state index contributed by atoms with van der Waals surface area (Å²) in [6.07, 6.45) is 3.20. The van der Waals surface area contributed by atoms with Gasteiger partial charge in [-0.2, -0.15) is 0 Å². The van der Waals surface area contributed by atoms with E-state index in [1.165, 1.54) is 12.1 Å². The first kappa shape index (κ1) is 10.4. The minimum Gasteiger partial charge on any atom is -0.398 e. The monoisotopic (exact) mass is 209 g/mol. The molecule has 0 unspecified atom stereocenters. The Labute approximate surface area is 88.9 Å². The summed E-state index contributed by atoms with van der Waals surface area (Å²) >= 11 is 0. The van der Waals surface area contributed by atoms with Crippen molar-refractivity contribution in [2.45, 2.75) is 37.7 Å². The highest BCUT2D eigenvalue weighted by Gasteiger charge is 2.22. The molecular formula is C12H16FNO. The maximum Gasteiger partial charge on any atom is 0.123 e. The zero-order valence-corrected chi connectivity index (χ0v) is 8.62. The average Bonchev–Trinajstić information content (AvgIpc) is 2.23. The standard InChI is InChI=1S/C12H16FNO/c13-9-3-6-12(14)11(7-9)8-1-4-10(15)5-2-8/h3,6-8,10,15H,1-2,4-5,14H2/t8-,10-. The van der Waals surface area contributed by atoms with Crippen LogP contribution in [0.3, 0.4) is 0 Å². The van der Waals surface area contributed by atoms with Crippen molar-refractivity contribution in [2.24, 2.45) is 0 Å². The molecule has 0 atom stereocenters. The second-order valence-corrected chi connectivity index (χ2v) is 4.28. The van der Waals surface area contributed by atoms with Gasteiger partial charge in [0.25, 0.3) is 0 Å². The Kier molecular flexibility index (Phi) is 2.91. The minimum absolute atomic E-state index is 0.184. The van der Waals surface area contributed by atoms with Gasteiger partial charge >= 0.3 is 0 Å². The number of anilines is 1. The van der Waals surface area contributed by atoms with Crippen LogP contribution in [0.15, 0.2) is 18.2 Å². The summed E-state index contributed by atoms with van der Waals surface area (Å²) in [4.78, 5) is 0. The predicted molar refractivity (Wildman–Crippen MR) is 58.0 cm³/mol. The molecule has 0 aliphatic heterocycles. The summed E-state index contributed by atoms with van der Waals surface area (Å²) in [5.41, 5.74) is 7.39. The van der Waals surface area contributed by atoms with Crippen LogP contribution in [0.1, 0.15) is 37.2 Å². The maximum absolute atomic E-state index is 13.1. The van der Waals surface area contributed by atoms with E-state index < -0.39 is 0 Å². The van der Waals surface area contributed by atoms with Gasteiger partial charge in [-0.15, -0.1) is 0 Å². The number of nitrogen functional groups attached to an aromatic ring is 1.